The van der Waals surface area contributed by atoms with Gasteiger partial charge in [-0.15, -0.1) is 11.3 Å². The fraction of sp³-hybridized carbons (Fsp3) is 0.667. The Bertz CT molecular complexity index is 521. The molecule has 1 saturated heterocycles. The molecular formula is C15H24N4O2S. The van der Waals surface area contributed by atoms with Crippen molar-refractivity contribution in [1.29, 1.82) is 0 Å². The van der Waals surface area contributed by atoms with Crippen molar-refractivity contribution in [3.8, 4) is 0 Å². The molecule has 6 nitrogen and oxygen atoms in total. The molecule has 0 unspecified atom stereocenters. The molecule has 0 aliphatic carbocycles. The molecule has 2 rings (SSSR count). The molecule has 0 amide bonds. The molecule has 1 aromatic heterocycles. The Labute approximate surface area is 135 Å². The number of aromatic nitrogens is 1. The molecule has 7 heteroatoms. The molecule has 22 heavy (non-hydrogen) atoms. The molecule has 0 bridgehead atoms. The summed E-state index contributed by atoms with van der Waals surface area (Å²) in [4.78, 5) is 22.5. The van der Waals surface area contributed by atoms with Crippen LogP contribution in [0.2, 0.25) is 0 Å². The van der Waals surface area contributed by atoms with E-state index in [1.807, 2.05) is 6.92 Å². The lowest BCUT2D eigenvalue weighted by atomic mass is 9.97. The average Bonchev–Trinajstić information content (AvgIpc) is 2.96. The number of hydrogen-bond donors (Lipinski definition) is 1. The Morgan fingerprint density at radius 2 is 2.27 bits per heavy atom. The van der Waals surface area contributed by atoms with E-state index in [9.17, 15) is 4.79 Å². The molecule has 1 aliphatic heterocycles. The number of nitrogens with zero attached hydrogens (tertiary/aromatic N) is 3. The number of aryl methyl sites for hydroxylation is 1. The van der Waals surface area contributed by atoms with Crippen molar-refractivity contribution in [3.05, 3.63) is 16.1 Å². The van der Waals surface area contributed by atoms with E-state index in [2.05, 4.69) is 25.6 Å². The summed E-state index contributed by atoms with van der Waals surface area (Å²) in [6.45, 7) is 4.49. The number of carbonyl (C=O) groups is 1. The minimum Gasteiger partial charge on any atom is -0.469 e. The number of guanidine groups is 1. The molecule has 1 aliphatic rings. The van der Waals surface area contributed by atoms with E-state index in [-0.39, 0.29) is 11.9 Å². The first kappa shape index (κ1) is 16.7. The Kier molecular flexibility index (Phi) is 6.18. The van der Waals surface area contributed by atoms with Crippen LogP contribution in [-0.4, -0.2) is 55.6 Å². The van der Waals surface area contributed by atoms with Crippen molar-refractivity contribution in [1.82, 2.24) is 15.2 Å². The highest BCUT2D eigenvalue weighted by atomic mass is 32.1. The summed E-state index contributed by atoms with van der Waals surface area (Å²) >= 11 is 1.68. The number of methoxy groups -OCH3 is 1. The molecular weight excluding hydrogens is 300 g/mol. The van der Waals surface area contributed by atoms with Gasteiger partial charge in [-0.2, -0.15) is 0 Å². The molecule has 2 heterocycles. The Morgan fingerprint density at radius 3 is 2.82 bits per heavy atom. The maximum atomic E-state index is 11.6. The highest BCUT2D eigenvalue weighted by Crippen LogP contribution is 2.18. The fourth-order valence-corrected chi connectivity index (χ4v) is 3.30. The van der Waals surface area contributed by atoms with Crippen molar-refractivity contribution < 1.29 is 9.53 Å². The number of esters is 1. The lowest BCUT2D eigenvalue weighted by Crippen LogP contribution is -2.47. The van der Waals surface area contributed by atoms with Crippen molar-refractivity contribution in [2.24, 2.45) is 10.9 Å². The summed E-state index contributed by atoms with van der Waals surface area (Å²) in [5.74, 6) is 0.828. The number of rotatable bonds is 4. The van der Waals surface area contributed by atoms with Crippen molar-refractivity contribution in [3.63, 3.8) is 0 Å². The van der Waals surface area contributed by atoms with Gasteiger partial charge < -0.3 is 15.0 Å². The summed E-state index contributed by atoms with van der Waals surface area (Å²) in [5, 5.41) is 6.58. The van der Waals surface area contributed by atoms with Gasteiger partial charge in [0.25, 0.3) is 0 Å². The lowest BCUT2D eigenvalue weighted by molar-refractivity contribution is -0.146. The van der Waals surface area contributed by atoms with Gasteiger partial charge in [0.15, 0.2) is 5.96 Å². The number of likely N-dealkylation sites (tertiary alicyclic amines) is 1. The van der Waals surface area contributed by atoms with E-state index in [1.54, 1.807) is 18.4 Å². The SMILES string of the molecule is CN=C(NCCc1csc(C)n1)N1CCC(C(=O)OC)CC1. The van der Waals surface area contributed by atoms with E-state index < -0.39 is 0 Å². The van der Waals surface area contributed by atoms with Crippen LogP contribution in [0.3, 0.4) is 0 Å². The number of carbonyl (C=O) groups excluding carboxylic acids is 1. The number of aliphatic imine (C=N–C) groups is 1. The molecule has 1 aromatic rings. The quantitative estimate of drug-likeness (QED) is 0.516. The average molecular weight is 324 g/mol. The largest absolute Gasteiger partial charge is 0.469 e. The van der Waals surface area contributed by atoms with E-state index in [0.717, 1.165) is 55.6 Å². The summed E-state index contributed by atoms with van der Waals surface area (Å²) in [6, 6.07) is 0. The minimum atomic E-state index is -0.0958. The number of hydrogen-bond acceptors (Lipinski definition) is 5. The Morgan fingerprint density at radius 1 is 1.55 bits per heavy atom. The fourth-order valence-electron chi connectivity index (χ4n) is 2.65. The maximum Gasteiger partial charge on any atom is 0.308 e. The first-order valence-electron chi connectivity index (χ1n) is 7.58. The van der Waals surface area contributed by atoms with Gasteiger partial charge >= 0.3 is 5.97 Å². The highest BCUT2D eigenvalue weighted by Gasteiger charge is 2.26. The Hall–Kier alpha value is -1.63. The van der Waals surface area contributed by atoms with Gasteiger partial charge in [0.05, 0.1) is 23.7 Å². The van der Waals surface area contributed by atoms with E-state index in [1.165, 1.54) is 7.11 Å². The standard InChI is InChI=1S/C15H24N4O2S/c1-11-18-13(10-22-11)4-7-17-15(16-2)19-8-5-12(6-9-19)14(20)21-3/h10,12H,4-9H2,1-3H3,(H,16,17). The predicted molar refractivity (Wildman–Crippen MR) is 88.2 cm³/mol. The smallest absolute Gasteiger partial charge is 0.308 e. The van der Waals surface area contributed by atoms with Crippen molar-refractivity contribution in [2.45, 2.75) is 26.2 Å². The second kappa shape index (κ2) is 8.12. The Balaban J connectivity index is 1.77. The number of nitrogens with one attached hydrogen (secondary N) is 1. The summed E-state index contributed by atoms with van der Waals surface area (Å²) in [7, 11) is 3.25. The molecule has 0 aromatic carbocycles. The van der Waals surface area contributed by atoms with Crippen LogP contribution in [0.1, 0.15) is 23.5 Å². The van der Waals surface area contributed by atoms with Crippen LogP contribution < -0.4 is 5.32 Å². The third-order valence-corrected chi connectivity index (χ3v) is 4.69. The maximum absolute atomic E-state index is 11.6. The van der Waals surface area contributed by atoms with Crippen LogP contribution in [0.15, 0.2) is 10.4 Å². The summed E-state index contributed by atoms with van der Waals surface area (Å²) < 4.78 is 4.82. The van der Waals surface area contributed by atoms with Gasteiger partial charge in [0, 0.05) is 38.5 Å². The molecule has 0 radical (unpaired) electrons. The van der Waals surface area contributed by atoms with Gasteiger partial charge in [-0.05, 0) is 19.8 Å². The summed E-state index contributed by atoms with van der Waals surface area (Å²) in [5.41, 5.74) is 1.12. The van der Waals surface area contributed by atoms with E-state index in [0.29, 0.717) is 0 Å². The molecule has 0 saturated carbocycles. The van der Waals surface area contributed by atoms with Gasteiger partial charge in [-0.1, -0.05) is 0 Å². The summed E-state index contributed by atoms with van der Waals surface area (Å²) in [6.07, 6.45) is 2.53. The molecule has 1 fully saturated rings. The van der Waals surface area contributed by atoms with Crippen molar-refractivity contribution in [2.75, 3.05) is 33.8 Å². The van der Waals surface area contributed by atoms with Crippen LogP contribution in [0.5, 0.6) is 0 Å². The monoisotopic (exact) mass is 324 g/mol. The molecule has 0 atom stereocenters. The van der Waals surface area contributed by atoms with Crippen LogP contribution in [0.25, 0.3) is 0 Å². The normalized spacial score (nSPS) is 16.7. The van der Waals surface area contributed by atoms with Gasteiger partial charge in [-0.3, -0.25) is 9.79 Å². The highest BCUT2D eigenvalue weighted by molar-refractivity contribution is 7.09. The number of thiazole rings is 1. The van der Waals surface area contributed by atoms with Crippen LogP contribution in [0, 0.1) is 12.8 Å². The topological polar surface area (TPSA) is 66.8 Å². The van der Waals surface area contributed by atoms with Crippen LogP contribution in [0.4, 0.5) is 0 Å². The zero-order valence-corrected chi connectivity index (χ0v) is 14.3. The first-order chi connectivity index (χ1) is 10.6. The van der Waals surface area contributed by atoms with E-state index >= 15 is 0 Å². The first-order valence-corrected chi connectivity index (χ1v) is 8.46. The van der Waals surface area contributed by atoms with Gasteiger partial charge in [0.2, 0.25) is 0 Å². The third-order valence-electron chi connectivity index (χ3n) is 3.87. The van der Waals surface area contributed by atoms with Crippen molar-refractivity contribution >= 4 is 23.3 Å². The number of piperidine rings is 1. The van der Waals surface area contributed by atoms with Gasteiger partial charge in [-0.25, -0.2) is 4.98 Å². The van der Waals surface area contributed by atoms with E-state index in [4.69, 9.17) is 4.74 Å². The zero-order valence-electron chi connectivity index (χ0n) is 13.5. The van der Waals surface area contributed by atoms with Gasteiger partial charge in [0.1, 0.15) is 0 Å². The second-order valence-corrected chi connectivity index (χ2v) is 6.43. The second-order valence-electron chi connectivity index (χ2n) is 5.37. The lowest BCUT2D eigenvalue weighted by Gasteiger charge is -2.33. The zero-order chi connectivity index (χ0) is 15.9. The van der Waals surface area contributed by atoms with Crippen LogP contribution in [-0.2, 0) is 16.0 Å². The molecule has 122 valence electrons. The van der Waals surface area contributed by atoms with Crippen LogP contribution >= 0.6 is 11.3 Å². The molecule has 1 N–H and O–H groups in total. The predicted octanol–water partition coefficient (Wildman–Crippen LogP) is 1.45. The molecule has 0 spiro atoms. The third kappa shape index (κ3) is 4.43. The number of ether oxygens (including phenoxy) is 1. The minimum absolute atomic E-state index is 0.0253.